The van der Waals surface area contributed by atoms with E-state index in [4.69, 9.17) is 0 Å². The fourth-order valence-corrected chi connectivity index (χ4v) is 3.74. The first-order valence-electron chi connectivity index (χ1n) is 8.18. The van der Waals surface area contributed by atoms with Crippen molar-refractivity contribution in [2.45, 2.75) is 57.5 Å². The van der Waals surface area contributed by atoms with E-state index in [1.54, 1.807) is 6.07 Å². The molecule has 1 unspecified atom stereocenters. The number of benzene rings is 1. The van der Waals surface area contributed by atoms with Gasteiger partial charge in [-0.25, -0.2) is 4.39 Å². The zero-order valence-corrected chi connectivity index (χ0v) is 13.9. The molecule has 1 aromatic carbocycles. The van der Waals surface area contributed by atoms with Gasteiger partial charge in [-0.2, -0.15) is 0 Å². The third kappa shape index (κ3) is 3.29. The molecular weight excluding hydrogens is 263 g/mol. The number of rotatable bonds is 6. The quantitative estimate of drug-likeness (QED) is 0.851. The summed E-state index contributed by atoms with van der Waals surface area (Å²) in [6.45, 7) is 5.04. The van der Waals surface area contributed by atoms with Crippen molar-refractivity contribution in [2.24, 2.45) is 0 Å². The van der Waals surface area contributed by atoms with E-state index < -0.39 is 0 Å². The van der Waals surface area contributed by atoms with E-state index in [0.717, 1.165) is 18.5 Å². The Morgan fingerprint density at radius 3 is 2.48 bits per heavy atom. The van der Waals surface area contributed by atoms with E-state index in [1.807, 2.05) is 19.1 Å². The van der Waals surface area contributed by atoms with Crippen LogP contribution in [-0.2, 0) is 0 Å². The van der Waals surface area contributed by atoms with Gasteiger partial charge in [0, 0.05) is 5.54 Å². The molecule has 2 rings (SSSR count). The summed E-state index contributed by atoms with van der Waals surface area (Å²) in [6, 6.07) is 5.86. The lowest BCUT2D eigenvalue weighted by Gasteiger charge is -2.44. The summed E-state index contributed by atoms with van der Waals surface area (Å²) in [5.74, 6) is -0.113. The molecule has 0 bridgehead atoms. The summed E-state index contributed by atoms with van der Waals surface area (Å²) in [5.41, 5.74) is 2.11. The number of likely N-dealkylation sites (N-methyl/N-ethyl adjacent to an activating group) is 1. The molecule has 1 saturated carbocycles. The zero-order valence-electron chi connectivity index (χ0n) is 13.9. The Labute approximate surface area is 128 Å². The fourth-order valence-electron chi connectivity index (χ4n) is 3.74. The van der Waals surface area contributed by atoms with E-state index in [-0.39, 0.29) is 17.4 Å². The van der Waals surface area contributed by atoms with Crippen LogP contribution in [0, 0.1) is 12.7 Å². The van der Waals surface area contributed by atoms with Gasteiger partial charge in [0.05, 0.1) is 6.04 Å². The van der Waals surface area contributed by atoms with Crippen LogP contribution in [0.2, 0.25) is 0 Å². The standard InChI is InChI=1S/C18H29FN2/c1-5-12-20-17(15-8-9-16(19)14(2)13-15)18(21(3)4)10-6-7-11-18/h8-9,13,17,20H,5-7,10-12H2,1-4H3. The Kier molecular flexibility index (Phi) is 5.39. The number of halogens is 1. The summed E-state index contributed by atoms with van der Waals surface area (Å²) in [5, 5.41) is 3.73. The van der Waals surface area contributed by atoms with Crippen LogP contribution in [-0.4, -0.2) is 31.1 Å². The minimum Gasteiger partial charge on any atom is -0.308 e. The highest BCUT2D eigenvalue weighted by molar-refractivity contribution is 5.30. The normalized spacial score (nSPS) is 19.1. The van der Waals surface area contributed by atoms with E-state index in [1.165, 1.54) is 31.2 Å². The third-order valence-corrected chi connectivity index (χ3v) is 5.01. The second-order valence-corrected chi connectivity index (χ2v) is 6.60. The third-order valence-electron chi connectivity index (χ3n) is 5.01. The van der Waals surface area contributed by atoms with Crippen LogP contribution in [0.5, 0.6) is 0 Å². The van der Waals surface area contributed by atoms with Crippen LogP contribution in [0.4, 0.5) is 4.39 Å². The molecule has 1 atom stereocenters. The van der Waals surface area contributed by atoms with Gasteiger partial charge in [0.2, 0.25) is 0 Å². The zero-order chi connectivity index (χ0) is 15.5. The van der Waals surface area contributed by atoms with Crippen molar-refractivity contribution >= 4 is 0 Å². The summed E-state index contributed by atoms with van der Waals surface area (Å²) >= 11 is 0. The van der Waals surface area contributed by atoms with Crippen LogP contribution >= 0.6 is 0 Å². The predicted octanol–water partition coefficient (Wildman–Crippen LogP) is 4.05. The van der Waals surface area contributed by atoms with Gasteiger partial charge in [0.15, 0.2) is 0 Å². The Morgan fingerprint density at radius 2 is 1.95 bits per heavy atom. The van der Waals surface area contributed by atoms with Crippen molar-refractivity contribution in [3.8, 4) is 0 Å². The first-order chi connectivity index (χ1) is 10.0. The number of hydrogen-bond acceptors (Lipinski definition) is 2. The molecule has 0 amide bonds. The lowest BCUT2D eigenvalue weighted by atomic mass is 9.82. The molecule has 0 spiro atoms. The summed E-state index contributed by atoms with van der Waals surface area (Å²) in [4.78, 5) is 2.38. The molecule has 0 aromatic heterocycles. The molecule has 0 saturated heterocycles. The van der Waals surface area contributed by atoms with E-state index in [9.17, 15) is 4.39 Å². The second kappa shape index (κ2) is 6.89. The predicted molar refractivity (Wildman–Crippen MR) is 87.1 cm³/mol. The highest BCUT2D eigenvalue weighted by Crippen LogP contribution is 2.43. The van der Waals surface area contributed by atoms with Crippen molar-refractivity contribution in [2.75, 3.05) is 20.6 Å². The lowest BCUT2D eigenvalue weighted by Crippen LogP contribution is -2.52. The van der Waals surface area contributed by atoms with Gasteiger partial charge in [-0.3, -0.25) is 0 Å². The van der Waals surface area contributed by atoms with E-state index in [2.05, 4.69) is 31.2 Å². The van der Waals surface area contributed by atoms with Gasteiger partial charge in [-0.05, 0) is 64.0 Å². The molecule has 1 aliphatic rings. The maximum Gasteiger partial charge on any atom is 0.126 e. The number of nitrogens with zero attached hydrogens (tertiary/aromatic N) is 1. The highest BCUT2D eigenvalue weighted by Gasteiger charge is 2.43. The molecule has 21 heavy (non-hydrogen) atoms. The fraction of sp³-hybridized carbons (Fsp3) is 0.667. The summed E-state index contributed by atoms with van der Waals surface area (Å²) in [7, 11) is 4.37. The first-order valence-corrected chi connectivity index (χ1v) is 8.18. The monoisotopic (exact) mass is 292 g/mol. The Bertz CT molecular complexity index is 464. The van der Waals surface area contributed by atoms with Crippen LogP contribution in [0.25, 0.3) is 0 Å². The Hall–Kier alpha value is -0.930. The average Bonchev–Trinajstić information content (AvgIpc) is 2.94. The number of hydrogen-bond donors (Lipinski definition) is 1. The van der Waals surface area contributed by atoms with Crippen LogP contribution in [0.3, 0.4) is 0 Å². The van der Waals surface area contributed by atoms with Crippen molar-refractivity contribution in [1.82, 2.24) is 10.2 Å². The lowest BCUT2D eigenvalue weighted by molar-refractivity contribution is 0.104. The topological polar surface area (TPSA) is 15.3 Å². The summed E-state index contributed by atoms with van der Waals surface area (Å²) < 4.78 is 13.6. The van der Waals surface area contributed by atoms with Crippen molar-refractivity contribution in [1.29, 1.82) is 0 Å². The second-order valence-electron chi connectivity index (χ2n) is 6.60. The molecule has 2 nitrogen and oxygen atoms in total. The molecular formula is C18H29FN2. The molecule has 0 heterocycles. The van der Waals surface area contributed by atoms with Crippen LogP contribution in [0.1, 0.15) is 56.2 Å². The van der Waals surface area contributed by atoms with Gasteiger partial charge in [-0.1, -0.05) is 31.9 Å². The van der Waals surface area contributed by atoms with Gasteiger partial charge in [-0.15, -0.1) is 0 Å². The molecule has 3 heteroatoms. The van der Waals surface area contributed by atoms with Crippen molar-refractivity contribution in [3.63, 3.8) is 0 Å². The van der Waals surface area contributed by atoms with E-state index in [0.29, 0.717) is 0 Å². The number of nitrogens with one attached hydrogen (secondary N) is 1. The molecule has 0 aliphatic heterocycles. The molecule has 1 aromatic rings. The van der Waals surface area contributed by atoms with Gasteiger partial charge in [0.1, 0.15) is 5.82 Å². The average molecular weight is 292 g/mol. The van der Waals surface area contributed by atoms with Gasteiger partial charge >= 0.3 is 0 Å². The molecule has 1 N–H and O–H groups in total. The smallest absolute Gasteiger partial charge is 0.126 e. The SMILES string of the molecule is CCCNC(c1ccc(F)c(C)c1)C1(N(C)C)CCCC1. The van der Waals surface area contributed by atoms with Gasteiger partial charge in [0.25, 0.3) is 0 Å². The minimum atomic E-state index is -0.113. The van der Waals surface area contributed by atoms with E-state index >= 15 is 0 Å². The highest BCUT2D eigenvalue weighted by atomic mass is 19.1. The number of aryl methyl sites for hydroxylation is 1. The van der Waals surface area contributed by atoms with Crippen LogP contribution < -0.4 is 5.32 Å². The van der Waals surface area contributed by atoms with Crippen molar-refractivity contribution < 1.29 is 4.39 Å². The molecule has 0 radical (unpaired) electrons. The Morgan fingerprint density at radius 1 is 1.29 bits per heavy atom. The van der Waals surface area contributed by atoms with Crippen LogP contribution in [0.15, 0.2) is 18.2 Å². The van der Waals surface area contributed by atoms with Gasteiger partial charge < -0.3 is 10.2 Å². The molecule has 1 aliphatic carbocycles. The Balaban J connectivity index is 2.38. The maximum atomic E-state index is 13.6. The largest absolute Gasteiger partial charge is 0.308 e. The van der Waals surface area contributed by atoms with Crippen molar-refractivity contribution in [3.05, 3.63) is 35.1 Å². The first kappa shape index (κ1) is 16.4. The minimum absolute atomic E-state index is 0.113. The molecule has 1 fully saturated rings. The maximum absolute atomic E-state index is 13.6. The summed E-state index contributed by atoms with van der Waals surface area (Å²) in [6.07, 6.45) is 6.08. The molecule has 118 valence electrons.